The first-order chi connectivity index (χ1) is 8.72. The van der Waals surface area contributed by atoms with Crippen molar-refractivity contribution in [1.82, 2.24) is 0 Å². The molecule has 0 bridgehead atoms. The van der Waals surface area contributed by atoms with Crippen LogP contribution in [0.2, 0.25) is 0 Å². The van der Waals surface area contributed by atoms with Gasteiger partial charge in [0.15, 0.2) is 5.78 Å². The van der Waals surface area contributed by atoms with Crippen molar-refractivity contribution in [2.75, 3.05) is 24.6 Å². The van der Waals surface area contributed by atoms with Gasteiger partial charge in [-0.1, -0.05) is 19.8 Å². The fraction of sp³-hybridized carbons (Fsp3) is 0.533. The number of ether oxygens (including phenoxy) is 1. The van der Waals surface area contributed by atoms with Crippen LogP contribution >= 0.6 is 0 Å². The van der Waals surface area contributed by atoms with E-state index in [1.54, 1.807) is 6.92 Å². The Balaban J connectivity index is 2.17. The smallest absolute Gasteiger partial charge is 0.159 e. The first-order valence-electron chi connectivity index (χ1n) is 6.75. The van der Waals surface area contributed by atoms with Crippen LogP contribution in [0.5, 0.6) is 5.75 Å². The van der Waals surface area contributed by atoms with E-state index >= 15 is 0 Å². The van der Waals surface area contributed by atoms with Crippen molar-refractivity contribution in [3.8, 4) is 5.75 Å². The van der Waals surface area contributed by atoms with Gasteiger partial charge in [0.05, 0.1) is 12.2 Å². The molecule has 3 heteroatoms. The highest BCUT2D eigenvalue weighted by Crippen LogP contribution is 2.32. The van der Waals surface area contributed by atoms with E-state index in [-0.39, 0.29) is 5.78 Å². The van der Waals surface area contributed by atoms with Crippen LogP contribution in [-0.2, 0) is 0 Å². The molecule has 0 saturated carbocycles. The quantitative estimate of drug-likeness (QED) is 0.590. The Kier molecular flexibility index (Phi) is 4.24. The number of hydrogen-bond acceptors (Lipinski definition) is 3. The number of fused-ring (bicyclic) bond motifs is 1. The molecule has 0 atom stereocenters. The molecule has 98 valence electrons. The van der Waals surface area contributed by atoms with Crippen molar-refractivity contribution in [1.29, 1.82) is 0 Å². The lowest BCUT2D eigenvalue weighted by molar-refractivity contribution is 0.101. The zero-order valence-corrected chi connectivity index (χ0v) is 11.2. The van der Waals surface area contributed by atoms with Gasteiger partial charge in [-0.05, 0) is 31.5 Å². The van der Waals surface area contributed by atoms with E-state index in [0.717, 1.165) is 36.7 Å². The number of Topliss-reactive ketones (excluding diaryl/α,β-unsaturated/α-hetero) is 1. The lowest BCUT2D eigenvalue weighted by atomic mass is 10.1. The van der Waals surface area contributed by atoms with Crippen LogP contribution in [0.15, 0.2) is 18.2 Å². The molecule has 3 nitrogen and oxygen atoms in total. The lowest BCUT2D eigenvalue weighted by Crippen LogP contribution is -2.33. The molecule has 0 unspecified atom stereocenters. The summed E-state index contributed by atoms with van der Waals surface area (Å²) in [7, 11) is 0. The fourth-order valence-corrected chi connectivity index (χ4v) is 2.28. The fourth-order valence-electron chi connectivity index (χ4n) is 2.28. The third-order valence-corrected chi connectivity index (χ3v) is 3.36. The molecular weight excluding hydrogens is 226 g/mol. The lowest BCUT2D eigenvalue weighted by Gasteiger charge is -2.31. The molecule has 2 rings (SSSR count). The number of ketones is 1. The molecule has 1 heterocycles. The van der Waals surface area contributed by atoms with Gasteiger partial charge < -0.3 is 9.64 Å². The zero-order chi connectivity index (χ0) is 13.0. The summed E-state index contributed by atoms with van der Waals surface area (Å²) in [4.78, 5) is 13.8. The number of rotatable bonds is 5. The average Bonchev–Trinajstić information content (AvgIpc) is 2.38. The van der Waals surface area contributed by atoms with Crippen molar-refractivity contribution in [2.45, 2.75) is 33.1 Å². The van der Waals surface area contributed by atoms with Gasteiger partial charge in [-0.2, -0.15) is 0 Å². The van der Waals surface area contributed by atoms with E-state index in [1.165, 1.54) is 19.3 Å². The summed E-state index contributed by atoms with van der Waals surface area (Å²) < 4.78 is 5.64. The Morgan fingerprint density at radius 2 is 2.22 bits per heavy atom. The minimum atomic E-state index is 0.108. The molecule has 0 aromatic heterocycles. The molecule has 0 aliphatic carbocycles. The minimum absolute atomic E-state index is 0.108. The van der Waals surface area contributed by atoms with Crippen LogP contribution in [0.4, 0.5) is 5.69 Å². The molecular formula is C15H21NO2. The summed E-state index contributed by atoms with van der Waals surface area (Å²) in [5.41, 5.74) is 1.84. The van der Waals surface area contributed by atoms with Crippen molar-refractivity contribution >= 4 is 11.5 Å². The second-order valence-corrected chi connectivity index (χ2v) is 4.78. The standard InChI is InChI=1S/C15H21NO2/c1-3-4-5-8-16-9-10-18-15-7-6-13(12(2)17)11-14(15)16/h6-7,11H,3-5,8-10H2,1-2H3. The monoisotopic (exact) mass is 247 g/mol. The minimum Gasteiger partial charge on any atom is -0.490 e. The Labute approximate surface area is 109 Å². The van der Waals surface area contributed by atoms with Crippen LogP contribution in [-0.4, -0.2) is 25.5 Å². The maximum atomic E-state index is 11.4. The third-order valence-electron chi connectivity index (χ3n) is 3.36. The van der Waals surface area contributed by atoms with Crippen molar-refractivity contribution < 1.29 is 9.53 Å². The highest BCUT2D eigenvalue weighted by molar-refractivity contribution is 5.95. The van der Waals surface area contributed by atoms with Crippen molar-refractivity contribution in [3.05, 3.63) is 23.8 Å². The van der Waals surface area contributed by atoms with E-state index in [1.807, 2.05) is 18.2 Å². The number of unbranched alkanes of at least 4 members (excludes halogenated alkanes) is 2. The highest BCUT2D eigenvalue weighted by Gasteiger charge is 2.18. The summed E-state index contributed by atoms with van der Waals surface area (Å²) in [5.74, 6) is 1.01. The van der Waals surface area contributed by atoms with Gasteiger partial charge in [-0.3, -0.25) is 4.79 Å². The number of carbonyl (C=O) groups excluding carboxylic acids is 1. The van der Waals surface area contributed by atoms with E-state index in [4.69, 9.17) is 4.74 Å². The average molecular weight is 247 g/mol. The largest absolute Gasteiger partial charge is 0.490 e. The second kappa shape index (κ2) is 5.89. The van der Waals surface area contributed by atoms with Gasteiger partial charge in [0.25, 0.3) is 0 Å². The Morgan fingerprint density at radius 3 is 2.94 bits per heavy atom. The number of carbonyl (C=O) groups is 1. The molecule has 0 radical (unpaired) electrons. The molecule has 18 heavy (non-hydrogen) atoms. The molecule has 0 saturated heterocycles. The van der Waals surface area contributed by atoms with Crippen LogP contribution in [0, 0.1) is 0 Å². The molecule has 1 aromatic rings. The summed E-state index contributed by atoms with van der Waals surface area (Å²) >= 11 is 0. The number of anilines is 1. The van der Waals surface area contributed by atoms with Crippen LogP contribution in [0.1, 0.15) is 43.5 Å². The van der Waals surface area contributed by atoms with Crippen LogP contribution < -0.4 is 9.64 Å². The third kappa shape index (κ3) is 2.84. The van der Waals surface area contributed by atoms with Crippen molar-refractivity contribution in [2.24, 2.45) is 0 Å². The van der Waals surface area contributed by atoms with Crippen LogP contribution in [0.3, 0.4) is 0 Å². The first-order valence-corrected chi connectivity index (χ1v) is 6.75. The van der Waals surface area contributed by atoms with Gasteiger partial charge in [0.2, 0.25) is 0 Å². The highest BCUT2D eigenvalue weighted by atomic mass is 16.5. The zero-order valence-electron chi connectivity index (χ0n) is 11.2. The Hall–Kier alpha value is -1.51. The first kappa shape index (κ1) is 12.9. The topological polar surface area (TPSA) is 29.5 Å². The molecule has 1 aliphatic rings. The van der Waals surface area contributed by atoms with E-state index in [2.05, 4.69) is 11.8 Å². The summed E-state index contributed by atoms with van der Waals surface area (Å²) in [6.07, 6.45) is 3.67. The molecule has 1 aromatic carbocycles. The maximum Gasteiger partial charge on any atom is 0.159 e. The number of nitrogens with zero attached hydrogens (tertiary/aromatic N) is 1. The Bertz CT molecular complexity index is 429. The van der Waals surface area contributed by atoms with Gasteiger partial charge in [-0.15, -0.1) is 0 Å². The number of hydrogen-bond donors (Lipinski definition) is 0. The second-order valence-electron chi connectivity index (χ2n) is 4.78. The predicted molar refractivity (Wildman–Crippen MR) is 73.7 cm³/mol. The summed E-state index contributed by atoms with van der Waals surface area (Å²) in [5, 5.41) is 0. The van der Waals surface area contributed by atoms with Gasteiger partial charge in [0, 0.05) is 12.1 Å². The SMILES string of the molecule is CCCCCN1CCOc2ccc(C(C)=O)cc21. The maximum absolute atomic E-state index is 11.4. The van der Waals surface area contributed by atoms with Gasteiger partial charge >= 0.3 is 0 Å². The van der Waals surface area contributed by atoms with Crippen LogP contribution in [0.25, 0.3) is 0 Å². The molecule has 0 spiro atoms. The molecule has 0 amide bonds. The number of benzene rings is 1. The molecule has 0 N–H and O–H groups in total. The normalized spacial score (nSPS) is 14.0. The molecule has 0 fully saturated rings. The van der Waals surface area contributed by atoms with E-state index in [0.29, 0.717) is 0 Å². The summed E-state index contributed by atoms with van der Waals surface area (Å²) in [6.45, 7) is 6.51. The van der Waals surface area contributed by atoms with Gasteiger partial charge in [-0.25, -0.2) is 0 Å². The van der Waals surface area contributed by atoms with Crippen molar-refractivity contribution in [3.63, 3.8) is 0 Å². The summed E-state index contributed by atoms with van der Waals surface area (Å²) in [6, 6.07) is 5.72. The van der Waals surface area contributed by atoms with E-state index in [9.17, 15) is 4.79 Å². The predicted octanol–water partition coefficient (Wildman–Crippen LogP) is 3.28. The Morgan fingerprint density at radius 1 is 1.39 bits per heavy atom. The molecule has 1 aliphatic heterocycles. The van der Waals surface area contributed by atoms with E-state index < -0.39 is 0 Å². The van der Waals surface area contributed by atoms with Gasteiger partial charge in [0.1, 0.15) is 12.4 Å².